The van der Waals surface area contributed by atoms with Crippen molar-refractivity contribution in [2.75, 3.05) is 20.7 Å². The quantitative estimate of drug-likeness (QED) is 0.429. The van der Waals surface area contributed by atoms with Crippen LogP contribution in [-0.2, 0) is 6.42 Å². The van der Waals surface area contributed by atoms with E-state index in [9.17, 15) is 4.79 Å². The summed E-state index contributed by atoms with van der Waals surface area (Å²) >= 11 is 0. The van der Waals surface area contributed by atoms with E-state index < -0.39 is 0 Å². The molecule has 158 valence electrons. The molecule has 0 aliphatic heterocycles. The first-order chi connectivity index (χ1) is 15.0. The average Bonchev–Trinajstić information content (AvgIpc) is 3.27. The van der Waals surface area contributed by atoms with E-state index in [-0.39, 0.29) is 5.91 Å². The number of rotatable bonds is 7. The zero-order valence-corrected chi connectivity index (χ0v) is 18.0. The van der Waals surface area contributed by atoms with E-state index >= 15 is 0 Å². The molecule has 1 amide bonds. The first-order valence-corrected chi connectivity index (χ1v) is 10.3. The maximum Gasteiger partial charge on any atom is 0.255 e. The first kappa shape index (κ1) is 20.6. The standard InChI is InChI=1S/C25H25N3O3/c1-17-22(14-19-11-12-20(30-3)15-23(19)26-17)25(29)28(2)13-7-10-21-16-24(27-31-21)18-8-5-4-6-9-18/h4-6,8-9,11-12,14-16H,7,10,13H2,1-3H3. The van der Waals surface area contributed by atoms with Gasteiger partial charge in [-0.05, 0) is 31.5 Å². The molecule has 0 unspecified atom stereocenters. The molecule has 0 N–H and O–H groups in total. The van der Waals surface area contributed by atoms with Crippen molar-refractivity contribution in [3.63, 3.8) is 0 Å². The summed E-state index contributed by atoms with van der Waals surface area (Å²) in [5.41, 5.74) is 4.00. The number of benzene rings is 2. The number of ether oxygens (including phenoxy) is 1. The molecule has 0 bridgehead atoms. The summed E-state index contributed by atoms with van der Waals surface area (Å²) in [5, 5.41) is 5.06. The Morgan fingerprint density at radius 3 is 2.68 bits per heavy atom. The number of carbonyl (C=O) groups is 1. The molecule has 31 heavy (non-hydrogen) atoms. The van der Waals surface area contributed by atoms with Gasteiger partial charge in [0.2, 0.25) is 0 Å². The lowest BCUT2D eigenvalue weighted by molar-refractivity contribution is 0.0792. The van der Waals surface area contributed by atoms with Crippen LogP contribution in [0.5, 0.6) is 5.75 Å². The van der Waals surface area contributed by atoms with Gasteiger partial charge >= 0.3 is 0 Å². The average molecular weight is 415 g/mol. The van der Waals surface area contributed by atoms with Gasteiger partial charge in [0, 0.05) is 43.1 Å². The lowest BCUT2D eigenvalue weighted by Gasteiger charge is -2.18. The van der Waals surface area contributed by atoms with Crippen molar-refractivity contribution in [1.29, 1.82) is 0 Å². The minimum atomic E-state index is -0.0368. The highest BCUT2D eigenvalue weighted by Gasteiger charge is 2.16. The molecule has 6 heteroatoms. The van der Waals surface area contributed by atoms with E-state index in [1.807, 2.05) is 74.6 Å². The van der Waals surface area contributed by atoms with E-state index in [4.69, 9.17) is 9.26 Å². The lowest BCUT2D eigenvalue weighted by atomic mass is 10.1. The van der Waals surface area contributed by atoms with Crippen LogP contribution in [0.15, 0.2) is 65.2 Å². The van der Waals surface area contributed by atoms with E-state index in [2.05, 4.69) is 10.1 Å². The van der Waals surface area contributed by atoms with E-state index in [0.717, 1.165) is 40.1 Å². The molecule has 6 nitrogen and oxygen atoms in total. The molecule has 4 rings (SSSR count). The number of pyridine rings is 1. The highest BCUT2D eigenvalue weighted by atomic mass is 16.5. The molecule has 0 aliphatic rings. The second-order valence-electron chi connectivity index (χ2n) is 7.55. The highest BCUT2D eigenvalue weighted by Crippen LogP contribution is 2.23. The summed E-state index contributed by atoms with van der Waals surface area (Å²) in [7, 11) is 3.44. The summed E-state index contributed by atoms with van der Waals surface area (Å²) in [6, 6.07) is 19.5. The highest BCUT2D eigenvalue weighted by molar-refractivity contribution is 5.98. The molecule has 0 fully saturated rings. The molecular formula is C25H25N3O3. The predicted molar refractivity (Wildman–Crippen MR) is 120 cm³/mol. The van der Waals surface area contributed by atoms with Gasteiger partial charge in [0.15, 0.2) is 0 Å². The van der Waals surface area contributed by atoms with Crippen molar-refractivity contribution in [2.24, 2.45) is 0 Å². The number of hydrogen-bond donors (Lipinski definition) is 0. The number of methoxy groups -OCH3 is 1. The minimum Gasteiger partial charge on any atom is -0.497 e. The molecule has 0 saturated carbocycles. The number of hydrogen-bond acceptors (Lipinski definition) is 5. The van der Waals surface area contributed by atoms with Gasteiger partial charge in [-0.3, -0.25) is 9.78 Å². The molecule has 2 aromatic heterocycles. The maximum atomic E-state index is 13.0. The SMILES string of the molecule is COc1ccc2cc(C(=O)N(C)CCCc3cc(-c4ccccc4)no3)c(C)nc2c1. The van der Waals surface area contributed by atoms with Gasteiger partial charge in [-0.25, -0.2) is 0 Å². The van der Waals surface area contributed by atoms with Crippen LogP contribution in [0.1, 0.15) is 28.2 Å². The van der Waals surface area contributed by atoms with Crippen molar-refractivity contribution in [3.05, 3.63) is 77.7 Å². The number of fused-ring (bicyclic) bond motifs is 1. The van der Waals surface area contributed by atoms with Crippen LogP contribution in [-0.4, -0.2) is 41.6 Å². The Labute approximate surface area is 181 Å². The first-order valence-electron chi connectivity index (χ1n) is 10.3. The Balaban J connectivity index is 1.39. The van der Waals surface area contributed by atoms with E-state index in [1.165, 1.54) is 0 Å². The molecular weight excluding hydrogens is 390 g/mol. The van der Waals surface area contributed by atoms with Crippen molar-refractivity contribution in [3.8, 4) is 17.0 Å². The summed E-state index contributed by atoms with van der Waals surface area (Å²) in [6.07, 6.45) is 1.50. The topological polar surface area (TPSA) is 68.5 Å². The smallest absolute Gasteiger partial charge is 0.255 e. The molecule has 0 atom stereocenters. The number of amides is 1. The van der Waals surface area contributed by atoms with Crippen molar-refractivity contribution >= 4 is 16.8 Å². The normalized spacial score (nSPS) is 10.9. The van der Waals surface area contributed by atoms with Crippen molar-refractivity contribution in [1.82, 2.24) is 15.0 Å². The maximum absolute atomic E-state index is 13.0. The molecule has 4 aromatic rings. The third kappa shape index (κ3) is 4.58. The van der Waals surface area contributed by atoms with Gasteiger partial charge in [-0.1, -0.05) is 35.5 Å². The summed E-state index contributed by atoms with van der Waals surface area (Å²) in [5.74, 6) is 1.53. The van der Waals surface area contributed by atoms with Gasteiger partial charge in [0.1, 0.15) is 17.2 Å². The molecule has 2 aromatic carbocycles. The minimum absolute atomic E-state index is 0.0368. The molecule has 0 spiro atoms. The van der Waals surface area contributed by atoms with Crippen molar-refractivity contribution in [2.45, 2.75) is 19.8 Å². The van der Waals surface area contributed by atoms with Gasteiger partial charge in [0.25, 0.3) is 5.91 Å². The molecule has 0 aliphatic carbocycles. The van der Waals surface area contributed by atoms with Crippen LogP contribution < -0.4 is 4.74 Å². The van der Waals surface area contributed by atoms with Crippen LogP contribution >= 0.6 is 0 Å². The number of aromatic nitrogens is 2. The summed E-state index contributed by atoms with van der Waals surface area (Å²) in [4.78, 5) is 19.3. The van der Waals surface area contributed by atoms with Gasteiger partial charge in [0.05, 0.1) is 23.9 Å². The molecule has 2 heterocycles. The fourth-order valence-electron chi connectivity index (χ4n) is 3.56. The fraction of sp³-hybridized carbons (Fsp3) is 0.240. The van der Waals surface area contributed by atoms with Crippen LogP contribution in [0.3, 0.4) is 0 Å². The zero-order valence-electron chi connectivity index (χ0n) is 18.0. The largest absolute Gasteiger partial charge is 0.497 e. The zero-order chi connectivity index (χ0) is 21.8. The summed E-state index contributed by atoms with van der Waals surface area (Å²) in [6.45, 7) is 2.47. The Bertz CT molecular complexity index is 1200. The fourth-order valence-corrected chi connectivity index (χ4v) is 3.56. The van der Waals surface area contributed by atoms with E-state index in [0.29, 0.717) is 24.2 Å². The van der Waals surface area contributed by atoms with Gasteiger partial charge < -0.3 is 14.2 Å². The van der Waals surface area contributed by atoms with E-state index in [1.54, 1.807) is 12.0 Å². The number of aryl methyl sites for hydroxylation is 2. The van der Waals surface area contributed by atoms with Crippen LogP contribution in [0, 0.1) is 6.92 Å². The lowest BCUT2D eigenvalue weighted by Crippen LogP contribution is -2.28. The van der Waals surface area contributed by atoms with Crippen LogP contribution in [0.2, 0.25) is 0 Å². The third-order valence-corrected chi connectivity index (χ3v) is 5.34. The second kappa shape index (κ2) is 9.00. The van der Waals surface area contributed by atoms with Gasteiger partial charge in [-0.2, -0.15) is 0 Å². The Hall–Kier alpha value is -3.67. The Morgan fingerprint density at radius 1 is 1.10 bits per heavy atom. The third-order valence-electron chi connectivity index (χ3n) is 5.34. The molecule has 0 radical (unpaired) electrons. The van der Waals surface area contributed by atoms with Gasteiger partial charge in [-0.15, -0.1) is 0 Å². The predicted octanol–water partition coefficient (Wildman–Crippen LogP) is 4.91. The summed E-state index contributed by atoms with van der Waals surface area (Å²) < 4.78 is 10.7. The van der Waals surface area contributed by atoms with Crippen LogP contribution in [0.4, 0.5) is 0 Å². The Morgan fingerprint density at radius 2 is 1.90 bits per heavy atom. The monoisotopic (exact) mass is 415 g/mol. The Kier molecular flexibility index (Phi) is 5.98. The number of carbonyl (C=O) groups excluding carboxylic acids is 1. The second-order valence-corrected chi connectivity index (χ2v) is 7.55. The van der Waals surface area contributed by atoms with Crippen molar-refractivity contribution < 1.29 is 14.1 Å². The molecule has 0 saturated heterocycles. The van der Waals surface area contributed by atoms with Crippen LogP contribution in [0.25, 0.3) is 22.2 Å². The number of nitrogens with zero attached hydrogens (tertiary/aromatic N) is 3.